The second kappa shape index (κ2) is 6.20. The lowest BCUT2D eigenvalue weighted by molar-refractivity contribution is -0.136. The van der Waals surface area contributed by atoms with Gasteiger partial charge in [-0.3, -0.25) is 9.59 Å². The number of carbonyl (C=O) groups excluding carboxylic acids is 2. The number of aromatic hydroxyl groups is 1. The summed E-state index contributed by atoms with van der Waals surface area (Å²) in [6, 6.07) is 5.48. The number of rotatable bonds is 1. The van der Waals surface area contributed by atoms with E-state index in [0.717, 1.165) is 28.8 Å². The first-order valence-electron chi connectivity index (χ1n) is 8.94. The molecule has 0 saturated heterocycles. The molecule has 1 aromatic carbocycles. The number of fused-ring (bicyclic) bond motifs is 1. The maximum absolute atomic E-state index is 13.2. The van der Waals surface area contributed by atoms with Crippen LogP contribution in [0.5, 0.6) is 5.75 Å². The lowest BCUT2D eigenvalue weighted by atomic mass is 9.92. The third-order valence-corrected chi connectivity index (χ3v) is 5.46. The van der Waals surface area contributed by atoms with Crippen LogP contribution in [0.15, 0.2) is 41.2 Å². The molecule has 3 aliphatic rings. The van der Waals surface area contributed by atoms with Gasteiger partial charge in [0.05, 0.1) is 12.5 Å². The number of phenolic OH excluding ortho intramolecular Hbond substituents is 1. The van der Waals surface area contributed by atoms with Crippen molar-refractivity contribution in [1.82, 2.24) is 15.1 Å². The van der Waals surface area contributed by atoms with Crippen molar-refractivity contribution in [3.8, 4) is 5.75 Å². The van der Waals surface area contributed by atoms with Gasteiger partial charge in [0.2, 0.25) is 5.91 Å². The average Bonchev–Trinajstić information content (AvgIpc) is 3.02. The van der Waals surface area contributed by atoms with Crippen LogP contribution in [0.3, 0.4) is 0 Å². The highest BCUT2D eigenvalue weighted by atomic mass is 16.3. The standard InChI is InChI=1S/C20H23N3O3/c1-12-9-22(2)11-17(25)18-14(8-21-19(12)18)20(26)23-7-6-13-4-3-5-16(24)15(13)10-23/h3-5,9,14,21,24H,6-8,10-11H2,1-2H3. The number of hydrogen-bond donors (Lipinski definition) is 2. The van der Waals surface area contributed by atoms with Crippen LogP contribution in [0.2, 0.25) is 0 Å². The fourth-order valence-corrected chi connectivity index (χ4v) is 4.20. The molecule has 6 heteroatoms. The third-order valence-electron chi connectivity index (χ3n) is 5.46. The first-order valence-corrected chi connectivity index (χ1v) is 8.94. The van der Waals surface area contributed by atoms with E-state index in [1.54, 1.807) is 11.0 Å². The number of likely N-dealkylation sites (N-methyl/N-ethyl adjacent to an activating group) is 1. The van der Waals surface area contributed by atoms with Gasteiger partial charge in [-0.1, -0.05) is 12.1 Å². The molecule has 0 saturated carbocycles. The molecule has 3 heterocycles. The Morgan fingerprint density at radius 1 is 1.31 bits per heavy atom. The monoisotopic (exact) mass is 353 g/mol. The molecule has 3 aliphatic heterocycles. The fraction of sp³-hybridized carbons (Fsp3) is 0.400. The molecule has 0 radical (unpaired) electrons. The van der Waals surface area contributed by atoms with E-state index < -0.39 is 5.92 Å². The zero-order valence-electron chi connectivity index (χ0n) is 15.1. The van der Waals surface area contributed by atoms with E-state index in [-0.39, 0.29) is 24.0 Å². The predicted molar refractivity (Wildman–Crippen MR) is 97.1 cm³/mol. The SMILES string of the molecule is CC1=CN(C)CC(=O)C2=C1NCC2C(=O)N1CCc2cccc(O)c2C1. The van der Waals surface area contributed by atoms with Gasteiger partial charge in [-0.2, -0.15) is 0 Å². The summed E-state index contributed by atoms with van der Waals surface area (Å²) in [7, 11) is 1.87. The van der Waals surface area contributed by atoms with Crippen molar-refractivity contribution < 1.29 is 14.7 Å². The molecule has 0 spiro atoms. The fourth-order valence-electron chi connectivity index (χ4n) is 4.20. The topological polar surface area (TPSA) is 72.9 Å². The van der Waals surface area contributed by atoms with Crippen molar-refractivity contribution in [1.29, 1.82) is 0 Å². The highest BCUT2D eigenvalue weighted by Gasteiger charge is 2.39. The Morgan fingerprint density at radius 3 is 2.92 bits per heavy atom. The van der Waals surface area contributed by atoms with E-state index in [0.29, 0.717) is 25.2 Å². The minimum Gasteiger partial charge on any atom is -0.508 e. The van der Waals surface area contributed by atoms with Crippen LogP contribution < -0.4 is 5.32 Å². The van der Waals surface area contributed by atoms with Gasteiger partial charge in [-0.25, -0.2) is 0 Å². The van der Waals surface area contributed by atoms with Gasteiger partial charge >= 0.3 is 0 Å². The van der Waals surface area contributed by atoms with E-state index in [1.807, 2.05) is 37.2 Å². The van der Waals surface area contributed by atoms with Crippen LogP contribution >= 0.6 is 0 Å². The van der Waals surface area contributed by atoms with E-state index >= 15 is 0 Å². The first kappa shape index (κ1) is 16.7. The lowest BCUT2D eigenvalue weighted by Crippen LogP contribution is -2.42. The summed E-state index contributed by atoms with van der Waals surface area (Å²) in [5.74, 6) is -0.267. The molecule has 2 N–H and O–H groups in total. The molecule has 0 aromatic heterocycles. The summed E-state index contributed by atoms with van der Waals surface area (Å²) in [5.41, 5.74) is 4.29. The van der Waals surface area contributed by atoms with Crippen LogP contribution in [-0.2, 0) is 22.6 Å². The van der Waals surface area contributed by atoms with Crippen molar-refractivity contribution in [2.75, 3.05) is 26.7 Å². The van der Waals surface area contributed by atoms with Crippen LogP contribution in [0, 0.1) is 5.92 Å². The molecule has 136 valence electrons. The van der Waals surface area contributed by atoms with E-state index in [1.165, 1.54) is 0 Å². The second-order valence-corrected chi connectivity index (χ2v) is 7.30. The number of phenols is 1. The van der Waals surface area contributed by atoms with E-state index in [4.69, 9.17) is 0 Å². The number of Topliss-reactive ketones (excluding diaryl/α,β-unsaturated/α-hetero) is 1. The molecule has 6 nitrogen and oxygen atoms in total. The van der Waals surface area contributed by atoms with Crippen molar-refractivity contribution in [3.05, 3.63) is 52.4 Å². The quantitative estimate of drug-likeness (QED) is 0.793. The number of allylic oxidation sites excluding steroid dienone is 1. The van der Waals surface area contributed by atoms with Crippen molar-refractivity contribution in [3.63, 3.8) is 0 Å². The predicted octanol–water partition coefficient (Wildman–Crippen LogP) is 1.17. The lowest BCUT2D eigenvalue weighted by Gasteiger charge is -2.31. The molecule has 0 aliphatic carbocycles. The molecule has 26 heavy (non-hydrogen) atoms. The van der Waals surface area contributed by atoms with Crippen LogP contribution in [0.1, 0.15) is 18.1 Å². The van der Waals surface area contributed by atoms with Gasteiger partial charge in [0, 0.05) is 49.7 Å². The van der Waals surface area contributed by atoms with E-state index in [9.17, 15) is 14.7 Å². The van der Waals surface area contributed by atoms with Crippen LogP contribution in [0.4, 0.5) is 0 Å². The van der Waals surface area contributed by atoms with Crippen LogP contribution in [-0.4, -0.2) is 53.3 Å². The zero-order chi connectivity index (χ0) is 18.4. The molecule has 0 bridgehead atoms. The number of benzene rings is 1. The Morgan fingerprint density at radius 2 is 2.12 bits per heavy atom. The molecular formula is C20H23N3O3. The summed E-state index contributed by atoms with van der Waals surface area (Å²) in [6.45, 7) is 3.69. The Hall–Kier alpha value is -2.76. The van der Waals surface area contributed by atoms with Gasteiger partial charge in [0.15, 0.2) is 5.78 Å². The normalized spacial score (nSPS) is 22.5. The Labute approximate surface area is 152 Å². The minimum absolute atomic E-state index is 0.000734. The molecular weight excluding hydrogens is 330 g/mol. The maximum Gasteiger partial charge on any atom is 0.232 e. The number of amides is 1. The van der Waals surface area contributed by atoms with Gasteiger partial charge in [0.1, 0.15) is 5.75 Å². The Balaban J connectivity index is 1.61. The Bertz CT molecular complexity index is 856. The van der Waals surface area contributed by atoms with Gasteiger partial charge < -0.3 is 20.2 Å². The van der Waals surface area contributed by atoms with E-state index in [2.05, 4.69) is 5.32 Å². The molecule has 0 fully saturated rings. The smallest absolute Gasteiger partial charge is 0.232 e. The van der Waals surface area contributed by atoms with Crippen molar-refractivity contribution >= 4 is 11.7 Å². The first-order chi connectivity index (χ1) is 12.5. The molecule has 1 atom stereocenters. The summed E-state index contributed by atoms with van der Waals surface area (Å²) in [6.07, 6.45) is 2.66. The summed E-state index contributed by atoms with van der Waals surface area (Å²) < 4.78 is 0. The molecule has 1 amide bonds. The average molecular weight is 353 g/mol. The number of carbonyl (C=O) groups is 2. The maximum atomic E-state index is 13.2. The summed E-state index contributed by atoms with van der Waals surface area (Å²) in [5, 5.41) is 13.4. The highest BCUT2D eigenvalue weighted by Crippen LogP contribution is 2.33. The summed E-state index contributed by atoms with van der Waals surface area (Å²) in [4.78, 5) is 29.6. The third kappa shape index (κ3) is 2.66. The van der Waals surface area contributed by atoms with Crippen molar-refractivity contribution in [2.24, 2.45) is 5.92 Å². The van der Waals surface area contributed by atoms with Gasteiger partial charge in [0.25, 0.3) is 0 Å². The number of nitrogens with one attached hydrogen (secondary N) is 1. The molecule has 1 unspecified atom stereocenters. The molecule has 4 rings (SSSR count). The minimum atomic E-state index is -0.459. The molecule has 1 aromatic rings. The Kier molecular flexibility index (Phi) is 3.98. The number of nitrogens with zero attached hydrogens (tertiary/aromatic N) is 2. The number of ketones is 1. The zero-order valence-corrected chi connectivity index (χ0v) is 15.1. The number of hydrogen-bond acceptors (Lipinski definition) is 5. The van der Waals surface area contributed by atoms with Gasteiger partial charge in [-0.05, 0) is 30.5 Å². The van der Waals surface area contributed by atoms with Crippen LogP contribution in [0.25, 0.3) is 0 Å². The van der Waals surface area contributed by atoms with Crippen molar-refractivity contribution in [2.45, 2.75) is 19.9 Å². The highest BCUT2D eigenvalue weighted by molar-refractivity contribution is 6.05. The van der Waals surface area contributed by atoms with Gasteiger partial charge in [-0.15, -0.1) is 0 Å². The second-order valence-electron chi connectivity index (χ2n) is 7.30. The summed E-state index contributed by atoms with van der Waals surface area (Å²) >= 11 is 0. The largest absolute Gasteiger partial charge is 0.508 e.